The average Bonchev–Trinajstić information content (AvgIpc) is 2.76. The van der Waals surface area contributed by atoms with Crippen LogP contribution in [0.5, 0.6) is 0 Å². The lowest BCUT2D eigenvalue weighted by Crippen LogP contribution is -2.48. The number of nitrogens with one attached hydrogen (secondary N) is 2. The van der Waals surface area contributed by atoms with Gasteiger partial charge in [-0.1, -0.05) is 36.9 Å². The molecule has 0 aliphatic heterocycles. The summed E-state index contributed by atoms with van der Waals surface area (Å²) in [7, 11) is 0. The molecule has 0 saturated heterocycles. The summed E-state index contributed by atoms with van der Waals surface area (Å²) < 4.78 is 14.6. The van der Waals surface area contributed by atoms with Crippen molar-refractivity contribution in [3.63, 3.8) is 0 Å². The molecule has 4 N–H and O–H groups in total. The molecular formula is C21H27N3O8. The Labute approximate surface area is 185 Å². The molecule has 1 aromatic carbocycles. The molecule has 1 atom stereocenters. The molecule has 0 aliphatic carbocycles. The van der Waals surface area contributed by atoms with E-state index in [9.17, 15) is 24.0 Å². The fraction of sp³-hybridized carbons (Fsp3) is 0.381. The number of ether oxygens (including phenoxy) is 3. The highest BCUT2D eigenvalue weighted by Crippen LogP contribution is 2.03. The maximum absolute atomic E-state index is 12.3. The number of hydrogen-bond acceptors (Lipinski definition) is 8. The zero-order valence-electron chi connectivity index (χ0n) is 17.8. The van der Waals surface area contributed by atoms with E-state index in [0.717, 1.165) is 5.56 Å². The van der Waals surface area contributed by atoms with Gasteiger partial charge in [0, 0.05) is 12.0 Å². The maximum atomic E-state index is 12.3. The lowest BCUT2D eigenvalue weighted by atomic mass is 10.1. The third-order valence-electron chi connectivity index (χ3n) is 3.84. The van der Waals surface area contributed by atoms with Crippen molar-refractivity contribution in [2.24, 2.45) is 5.73 Å². The highest BCUT2D eigenvalue weighted by molar-refractivity contribution is 5.89. The smallest absolute Gasteiger partial charge is 0.408 e. The van der Waals surface area contributed by atoms with Crippen LogP contribution in [-0.4, -0.2) is 55.6 Å². The number of nitrogens with two attached hydrogens (primary N) is 1. The Kier molecular flexibility index (Phi) is 11.6. The number of rotatable bonds is 13. The van der Waals surface area contributed by atoms with Crippen LogP contribution < -0.4 is 16.4 Å². The van der Waals surface area contributed by atoms with E-state index in [0.29, 0.717) is 0 Å². The van der Waals surface area contributed by atoms with Crippen LogP contribution in [0.15, 0.2) is 42.5 Å². The molecule has 3 amide bonds. The zero-order valence-corrected chi connectivity index (χ0v) is 17.8. The van der Waals surface area contributed by atoms with E-state index in [4.69, 9.17) is 19.9 Å². The molecule has 11 heteroatoms. The van der Waals surface area contributed by atoms with Gasteiger partial charge in [-0.3, -0.25) is 14.4 Å². The van der Waals surface area contributed by atoms with Crippen LogP contribution in [0.4, 0.5) is 4.79 Å². The molecule has 0 radical (unpaired) electrons. The first-order chi connectivity index (χ1) is 15.2. The zero-order chi connectivity index (χ0) is 23.9. The second-order valence-electron chi connectivity index (χ2n) is 6.62. The molecule has 0 saturated carbocycles. The van der Waals surface area contributed by atoms with Crippen molar-refractivity contribution in [2.45, 2.75) is 32.4 Å². The summed E-state index contributed by atoms with van der Waals surface area (Å²) in [5.74, 6) is -2.79. The summed E-state index contributed by atoms with van der Waals surface area (Å²) in [6.45, 7) is 4.00. The van der Waals surface area contributed by atoms with Crippen LogP contribution in [0.1, 0.15) is 25.3 Å². The fourth-order valence-electron chi connectivity index (χ4n) is 2.21. The van der Waals surface area contributed by atoms with E-state index in [1.54, 1.807) is 24.3 Å². The SMILES string of the molecule is C=C(C)C(=O)OCCOC(=O)CNC(=O)[C@H](CCC(N)=O)NC(=O)OCc1ccccc1. The van der Waals surface area contributed by atoms with Gasteiger partial charge in [0.25, 0.3) is 0 Å². The van der Waals surface area contributed by atoms with E-state index < -0.39 is 42.4 Å². The van der Waals surface area contributed by atoms with E-state index >= 15 is 0 Å². The summed E-state index contributed by atoms with van der Waals surface area (Å²) in [5.41, 5.74) is 6.06. The number of carbonyl (C=O) groups excluding carboxylic acids is 5. The Hall–Kier alpha value is -3.89. The van der Waals surface area contributed by atoms with Crippen LogP contribution >= 0.6 is 0 Å². The van der Waals surface area contributed by atoms with E-state index in [2.05, 4.69) is 17.2 Å². The normalized spacial score (nSPS) is 10.9. The van der Waals surface area contributed by atoms with Crippen molar-refractivity contribution in [1.29, 1.82) is 0 Å². The standard InChI is InChI=1S/C21H27N3O8/c1-14(2)20(28)31-11-10-30-18(26)12-23-19(27)16(8-9-17(22)25)24-21(29)32-13-15-6-4-3-5-7-15/h3-7,16H,1,8-13H2,2H3,(H2,22,25)(H,23,27)(H,24,29)/t16-/m0/s1. The Bertz CT molecular complexity index is 826. The minimum Gasteiger partial charge on any atom is -0.461 e. The van der Waals surface area contributed by atoms with Gasteiger partial charge in [-0.2, -0.15) is 0 Å². The first-order valence-corrected chi connectivity index (χ1v) is 9.70. The second kappa shape index (κ2) is 14.2. The summed E-state index contributed by atoms with van der Waals surface area (Å²) in [6.07, 6.45) is -1.14. The van der Waals surface area contributed by atoms with E-state index in [1.807, 2.05) is 6.07 Å². The van der Waals surface area contributed by atoms with Gasteiger partial charge < -0.3 is 30.6 Å². The van der Waals surface area contributed by atoms with E-state index in [1.165, 1.54) is 6.92 Å². The third kappa shape index (κ3) is 11.3. The minimum absolute atomic E-state index is 0.0148. The fourth-order valence-corrected chi connectivity index (χ4v) is 2.21. The number of amides is 3. The molecule has 174 valence electrons. The molecule has 0 aliphatic rings. The highest BCUT2D eigenvalue weighted by atomic mass is 16.6. The molecule has 32 heavy (non-hydrogen) atoms. The number of alkyl carbamates (subject to hydrolysis) is 1. The highest BCUT2D eigenvalue weighted by Gasteiger charge is 2.23. The van der Waals surface area contributed by atoms with Gasteiger partial charge in [-0.05, 0) is 18.9 Å². The Morgan fingerprint density at radius 2 is 1.69 bits per heavy atom. The topological polar surface area (TPSA) is 163 Å². The van der Waals surface area contributed by atoms with Crippen LogP contribution in [0.25, 0.3) is 0 Å². The van der Waals surface area contributed by atoms with Crippen LogP contribution in [0.2, 0.25) is 0 Å². The number of esters is 2. The number of primary amides is 1. The quantitative estimate of drug-likeness (QED) is 0.168. The van der Waals surface area contributed by atoms with Gasteiger partial charge in [0.05, 0.1) is 0 Å². The lowest BCUT2D eigenvalue weighted by molar-refractivity contribution is -0.149. The van der Waals surface area contributed by atoms with Gasteiger partial charge in [0.1, 0.15) is 32.4 Å². The molecule has 0 bridgehead atoms. The number of benzene rings is 1. The average molecular weight is 449 g/mol. The van der Waals surface area contributed by atoms with Crippen molar-refractivity contribution in [3.05, 3.63) is 48.0 Å². The summed E-state index contributed by atoms with van der Waals surface area (Å²) in [4.78, 5) is 58.3. The predicted molar refractivity (Wildman–Crippen MR) is 112 cm³/mol. The molecule has 0 heterocycles. The monoisotopic (exact) mass is 449 g/mol. The van der Waals surface area contributed by atoms with Crippen molar-refractivity contribution >= 4 is 29.8 Å². The minimum atomic E-state index is -1.16. The molecule has 0 fully saturated rings. The number of hydrogen-bond donors (Lipinski definition) is 3. The number of carbonyl (C=O) groups is 5. The molecular weight excluding hydrogens is 422 g/mol. The largest absolute Gasteiger partial charge is 0.461 e. The van der Waals surface area contributed by atoms with Crippen molar-refractivity contribution in [2.75, 3.05) is 19.8 Å². The van der Waals surface area contributed by atoms with Crippen molar-refractivity contribution in [1.82, 2.24) is 10.6 Å². The summed E-state index contributed by atoms with van der Waals surface area (Å²) in [6, 6.07) is 7.74. The van der Waals surface area contributed by atoms with Gasteiger partial charge in [-0.15, -0.1) is 0 Å². The van der Waals surface area contributed by atoms with Gasteiger partial charge in [-0.25, -0.2) is 9.59 Å². The van der Waals surface area contributed by atoms with Crippen molar-refractivity contribution < 1.29 is 38.2 Å². The van der Waals surface area contributed by atoms with Gasteiger partial charge in [0.15, 0.2) is 0 Å². The molecule has 1 rings (SSSR count). The predicted octanol–water partition coefficient (Wildman–Crippen LogP) is 0.326. The van der Waals surface area contributed by atoms with Gasteiger partial charge >= 0.3 is 18.0 Å². The van der Waals surface area contributed by atoms with Crippen LogP contribution in [0, 0.1) is 0 Å². The third-order valence-corrected chi connectivity index (χ3v) is 3.84. The molecule has 0 unspecified atom stereocenters. The van der Waals surface area contributed by atoms with Crippen LogP contribution in [0.3, 0.4) is 0 Å². The van der Waals surface area contributed by atoms with Gasteiger partial charge in [0.2, 0.25) is 11.8 Å². The first-order valence-electron chi connectivity index (χ1n) is 9.70. The first kappa shape index (κ1) is 26.1. The van der Waals surface area contributed by atoms with Crippen LogP contribution in [-0.2, 0) is 40.0 Å². The molecule has 0 aromatic heterocycles. The Morgan fingerprint density at radius 3 is 2.31 bits per heavy atom. The lowest BCUT2D eigenvalue weighted by Gasteiger charge is -2.17. The second-order valence-corrected chi connectivity index (χ2v) is 6.62. The molecule has 1 aromatic rings. The van der Waals surface area contributed by atoms with Crippen molar-refractivity contribution in [3.8, 4) is 0 Å². The maximum Gasteiger partial charge on any atom is 0.408 e. The van der Waals surface area contributed by atoms with E-state index in [-0.39, 0.29) is 38.2 Å². The molecule has 0 spiro atoms. The summed E-state index contributed by atoms with van der Waals surface area (Å²) >= 11 is 0. The molecule has 11 nitrogen and oxygen atoms in total. The summed E-state index contributed by atoms with van der Waals surface area (Å²) in [5, 5.41) is 4.64. The Morgan fingerprint density at radius 1 is 1.03 bits per heavy atom. The Balaban J connectivity index is 2.45.